The van der Waals surface area contributed by atoms with Crippen molar-refractivity contribution in [2.24, 2.45) is 0 Å². The van der Waals surface area contributed by atoms with Crippen molar-refractivity contribution in [2.75, 3.05) is 6.61 Å². The molecule has 0 saturated carbocycles. The normalized spacial score (nSPS) is 12.7. The van der Waals surface area contributed by atoms with Crippen LogP contribution in [0.5, 0.6) is 5.75 Å². The Hall–Kier alpha value is -3.05. The lowest BCUT2D eigenvalue weighted by Crippen LogP contribution is -2.28. The van der Waals surface area contributed by atoms with E-state index >= 15 is 0 Å². The lowest BCUT2D eigenvalue weighted by molar-refractivity contribution is -0.117. The fraction of sp³-hybridized carbons (Fsp3) is 0.143. The molecule has 27 heavy (non-hydrogen) atoms. The van der Waals surface area contributed by atoms with Gasteiger partial charge in [0.1, 0.15) is 12.4 Å². The lowest BCUT2D eigenvalue weighted by atomic mass is 10.1. The summed E-state index contributed by atoms with van der Waals surface area (Å²) in [5.41, 5.74) is 3.63. The van der Waals surface area contributed by atoms with Gasteiger partial charge in [0.2, 0.25) is 0 Å². The number of rotatable bonds is 5. The first-order valence-corrected chi connectivity index (χ1v) is 9.00. The molecule has 0 radical (unpaired) electrons. The molecular formula is C21H18ClN3O2. The Labute approximate surface area is 162 Å². The molecule has 0 aliphatic carbocycles. The first-order valence-electron chi connectivity index (χ1n) is 8.62. The second kappa shape index (κ2) is 7.68. The Morgan fingerprint density at radius 1 is 1.19 bits per heavy atom. The quantitative estimate of drug-likeness (QED) is 0.735. The zero-order valence-electron chi connectivity index (χ0n) is 14.6. The summed E-state index contributed by atoms with van der Waals surface area (Å²) >= 11 is 6.01. The molecule has 6 heteroatoms. The van der Waals surface area contributed by atoms with Crippen LogP contribution in [0.15, 0.2) is 66.8 Å². The number of nitrogens with zero attached hydrogens (tertiary/aromatic N) is 2. The lowest BCUT2D eigenvalue weighted by Gasteiger charge is -2.18. The molecule has 5 nitrogen and oxygen atoms in total. The molecule has 1 aliphatic rings. The summed E-state index contributed by atoms with van der Waals surface area (Å²) in [4.78, 5) is 16.5. The summed E-state index contributed by atoms with van der Waals surface area (Å²) < 4.78 is 7.65. The highest BCUT2D eigenvalue weighted by Gasteiger charge is 2.17. The summed E-state index contributed by atoms with van der Waals surface area (Å²) in [5.74, 6) is 0.604. The number of benzene rings is 2. The second-order valence-corrected chi connectivity index (χ2v) is 6.81. The zero-order valence-corrected chi connectivity index (χ0v) is 15.3. The van der Waals surface area contributed by atoms with E-state index in [9.17, 15) is 4.79 Å². The van der Waals surface area contributed by atoms with Gasteiger partial charge >= 0.3 is 0 Å². The monoisotopic (exact) mass is 379 g/mol. The third-order valence-electron chi connectivity index (χ3n) is 4.38. The number of hydrogen-bond donors (Lipinski definition) is 1. The minimum Gasteiger partial charge on any atom is -0.488 e. The van der Waals surface area contributed by atoms with Crippen LogP contribution in [0.4, 0.5) is 0 Å². The highest BCUT2D eigenvalue weighted by atomic mass is 35.5. The van der Waals surface area contributed by atoms with Gasteiger partial charge in [0, 0.05) is 36.1 Å². The number of aromatic nitrogens is 2. The van der Waals surface area contributed by atoms with Crippen molar-refractivity contribution in [3.05, 3.63) is 88.5 Å². The molecule has 1 amide bonds. The molecule has 136 valence electrons. The van der Waals surface area contributed by atoms with Crippen LogP contribution in [0.3, 0.4) is 0 Å². The fourth-order valence-corrected chi connectivity index (χ4v) is 3.11. The molecule has 0 atom stereocenters. The van der Waals surface area contributed by atoms with Crippen LogP contribution in [0.1, 0.15) is 16.7 Å². The summed E-state index contributed by atoms with van der Waals surface area (Å²) in [5, 5.41) is 3.56. The molecule has 0 saturated heterocycles. The molecule has 4 rings (SSSR count). The third-order valence-corrected chi connectivity index (χ3v) is 4.61. The topological polar surface area (TPSA) is 56.2 Å². The molecule has 0 fully saturated rings. The Morgan fingerprint density at radius 3 is 2.78 bits per heavy atom. The Morgan fingerprint density at radius 2 is 2.00 bits per heavy atom. The van der Waals surface area contributed by atoms with Gasteiger partial charge in [-0.15, -0.1) is 0 Å². The van der Waals surface area contributed by atoms with E-state index < -0.39 is 0 Å². The summed E-state index contributed by atoms with van der Waals surface area (Å²) in [6.07, 6.45) is 7.31. The minimum absolute atomic E-state index is 0.136. The summed E-state index contributed by atoms with van der Waals surface area (Å²) in [6, 6.07) is 13.5. The number of amides is 1. The highest BCUT2D eigenvalue weighted by molar-refractivity contribution is 6.30. The standard InChI is InChI=1S/C21H18ClN3O2/c22-19-5-6-20-17(10-19)9-18(13-27-20)21(26)24-11-15-1-3-16(4-2-15)12-25-8-7-23-14-25/h1-10,14H,11-13H2,(H,24,26). The third kappa shape index (κ3) is 4.20. The fourth-order valence-electron chi connectivity index (χ4n) is 2.93. The van der Waals surface area contributed by atoms with Gasteiger partial charge in [-0.25, -0.2) is 4.98 Å². The van der Waals surface area contributed by atoms with Gasteiger partial charge in [0.15, 0.2) is 0 Å². The van der Waals surface area contributed by atoms with Crippen molar-refractivity contribution in [3.8, 4) is 5.75 Å². The van der Waals surface area contributed by atoms with Gasteiger partial charge in [-0.1, -0.05) is 35.9 Å². The van der Waals surface area contributed by atoms with Crippen molar-refractivity contribution < 1.29 is 9.53 Å². The van der Waals surface area contributed by atoms with E-state index in [4.69, 9.17) is 16.3 Å². The number of carbonyl (C=O) groups excluding carboxylic acids is 1. The van der Waals surface area contributed by atoms with E-state index in [1.807, 2.05) is 35.0 Å². The first-order chi connectivity index (χ1) is 13.2. The molecule has 0 unspecified atom stereocenters. The van der Waals surface area contributed by atoms with E-state index in [0.717, 1.165) is 23.4 Å². The van der Waals surface area contributed by atoms with Gasteiger partial charge in [0.05, 0.1) is 11.9 Å². The summed E-state index contributed by atoms with van der Waals surface area (Å²) in [7, 11) is 0. The predicted molar refractivity (Wildman–Crippen MR) is 105 cm³/mol. The molecule has 3 aromatic rings. The Balaban J connectivity index is 1.36. The van der Waals surface area contributed by atoms with Crippen molar-refractivity contribution in [1.29, 1.82) is 0 Å². The van der Waals surface area contributed by atoms with Crippen LogP contribution >= 0.6 is 11.6 Å². The van der Waals surface area contributed by atoms with Crippen molar-refractivity contribution in [2.45, 2.75) is 13.1 Å². The zero-order chi connectivity index (χ0) is 18.6. The van der Waals surface area contributed by atoms with Crippen LogP contribution in [0.25, 0.3) is 6.08 Å². The average Bonchev–Trinajstić information content (AvgIpc) is 3.19. The van der Waals surface area contributed by atoms with E-state index in [-0.39, 0.29) is 12.5 Å². The number of hydrogen-bond acceptors (Lipinski definition) is 3. The van der Waals surface area contributed by atoms with Crippen LogP contribution in [-0.4, -0.2) is 22.1 Å². The smallest absolute Gasteiger partial charge is 0.250 e. The van der Waals surface area contributed by atoms with Gasteiger partial charge in [-0.05, 0) is 35.4 Å². The maximum Gasteiger partial charge on any atom is 0.250 e. The van der Waals surface area contributed by atoms with E-state index in [1.165, 1.54) is 5.56 Å². The maximum atomic E-state index is 12.4. The number of halogens is 1. The Kier molecular flexibility index (Phi) is 4.94. The van der Waals surface area contributed by atoms with Crippen molar-refractivity contribution >= 4 is 23.6 Å². The summed E-state index contributed by atoms with van der Waals surface area (Å²) in [6.45, 7) is 1.49. The SMILES string of the molecule is O=C(NCc1ccc(Cn2ccnc2)cc1)C1=Cc2cc(Cl)ccc2OC1. The maximum absolute atomic E-state index is 12.4. The van der Waals surface area contributed by atoms with Crippen molar-refractivity contribution in [1.82, 2.24) is 14.9 Å². The molecule has 1 aromatic heterocycles. The van der Waals surface area contributed by atoms with Gasteiger partial charge in [0.25, 0.3) is 5.91 Å². The van der Waals surface area contributed by atoms with Crippen LogP contribution in [-0.2, 0) is 17.9 Å². The minimum atomic E-state index is -0.136. The number of carbonyl (C=O) groups is 1. The van der Waals surface area contributed by atoms with Crippen molar-refractivity contribution in [3.63, 3.8) is 0 Å². The number of fused-ring (bicyclic) bond motifs is 1. The second-order valence-electron chi connectivity index (χ2n) is 6.37. The molecule has 0 bridgehead atoms. The highest BCUT2D eigenvalue weighted by Crippen LogP contribution is 2.28. The van der Waals surface area contributed by atoms with Crippen LogP contribution in [0.2, 0.25) is 5.02 Å². The van der Waals surface area contributed by atoms with Gasteiger partial charge < -0.3 is 14.6 Å². The number of nitrogens with one attached hydrogen (secondary N) is 1. The number of imidazole rings is 1. The largest absolute Gasteiger partial charge is 0.488 e. The van der Waals surface area contributed by atoms with Gasteiger partial charge in [-0.3, -0.25) is 4.79 Å². The van der Waals surface area contributed by atoms with Gasteiger partial charge in [-0.2, -0.15) is 0 Å². The molecular weight excluding hydrogens is 362 g/mol. The average molecular weight is 380 g/mol. The molecule has 0 spiro atoms. The molecule has 2 heterocycles. The van der Waals surface area contributed by atoms with E-state index in [1.54, 1.807) is 24.7 Å². The first kappa shape index (κ1) is 17.4. The Bertz CT molecular complexity index is 979. The van der Waals surface area contributed by atoms with E-state index in [2.05, 4.69) is 22.4 Å². The number of ether oxygens (including phenoxy) is 1. The molecule has 1 aliphatic heterocycles. The molecule has 1 N–H and O–H groups in total. The van der Waals surface area contributed by atoms with E-state index in [0.29, 0.717) is 17.1 Å². The molecule has 2 aromatic carbocycles. The van der Waals surface area contributed by atoms with Crippen LogP contribution in [0, 0.1) is 0 Å². The predicted octanol–water partition coefficient (Wildman–Crippen LogP) is 3.68. The van der Waals surface area contributed by atoms with Crippen LogP contribution < -0.4 is 10.1 Å².